The lowest BCUT2D eigenvalue weighted by atomic mass is 10.1. The van der Waals surface area contributed by atoms with E-state index in [0.717, 1.165) is 9.80 Å². The molecule has 4 saturated heterocycles. The SMILES string of the molecule is O=C(OC(C1CCOC1)N1C(=O)CCC1=O)OC(C1CCOC1)N1C(=O)CCC1=O. The van der Waals surface area contributed by atoms with Crippen molar-refractivity contribution in [1.82, 2.24) is 9.80 Å². The summed E-state index contributed by atoms with van der Waals surface area (Å²) in [5.41, 5.74) is 0. The Kier molecular flexibility index (Phi) is 6.00. The first-order valence-electron chi connectivity index (χ1n) is 10.2. The largest absolute Gasteiger partial charge is 0.512 e. The first kappa shape index (κ1) is 20.7. The van der Waals surface area contributed by atoms with Crippen LogP contribution >= 0.6 is 0 Å². The van der Waals surface area contributed by atoms with Gasteiger partial charge in [0.15, 0.2) is 12.5 Å². The predicted octanol–water partition coefficient (Wildman–Crippen LogP) is 0.163. The molecular formula is C19H24N2O9. The van der Waals surface area contributed by atoms with Gasteiger partial charge in [0.1, 0.15) is 0 Å². The van der Waals surface area contributed by atoms with Gasteiger partial charge >= 0.3 is 6.16 Å². The molecule has 164 valence electrons. The molecule has 0 radical (unpaired) electrons. The van der Waals surface area contributed by atoms with Gasteiger partial charge in [0.25, 0.3) is 0 Å². The van der Waals surface area contributed by atoms with E-state index in [1.807, 2.05) is 0 Å². The van der Waals surface area contributed by atoms with E-state index >= 15 is 0 Å². The molecule has 4 fully saturated rings. The molecule has 0 spiro atoms. The van der Waals surface area contributed by atoms with Crippen LogP contribution in [0.15, 0.2) is 0 Å². The fraction of sp³-hybridized carbons (Fsp3) is 0.737. The number of hydrogen-bond donors (Lipinski definition) is 0. The lowest BCUT2D eigenvalue weighted by molar-refractivity contribution is -0.163. The number of carbonyl (C=O) groups is 5. The van der Waals surface area contributed by atoms with Crippen LogP contribution in [-0.2, 0) is 38.1 Å². The summed E-state index contributed by atoms with van der Waals surface area (Å²) in [4.78, 5) is 63.4. The molecule has 30 heavy (non-hydrogen) atoms. The molecule has 4 amide bonds. The number of hydrogen-bond acceptors (Lipinski definition) is 9. The van der Waals surface area contributed by atoms with Crippen LogP contribution in [-0.4, -0.2) is 78.5 Å². The number of carbonyl (C=O) groups excluding carboxylic acids is 5. The second-order valence-corrected chi connectivity index (χ2v) is 7.83. The van der Waals surface area contributed by atoms with Crippen molar-refractivity contribution in [2.75, 3.05) is 26.4 Å². The van der Waals surface area contributed by atoms with Gasteiger partial charge in [0, 0.05) is 50.7 Å². The molecule has 4 unspecified atom stereocenters. The van der Waals surface area contributed by atoms with Crippen LogP contribution < -0.4 is 0 Å². The van der Waals surface area contributed by atoms with Gasteiger partial charge in [0.05, 0.1) is 13.2 Å². The minimum Gasteiger partial charge on any atom is -0.409 e. The monoisotopic (exact) mass is 424 g/mol. The fourth-order valence-corrected chi connectivity index (χ4v) is 4.26. The average Bonchev–Trinajstić information content (AvgIpc) is 3.50. The average molecular weight is 424 g/mol. The topological polar surface area (TPSA) is 129 Å². The number of nitrogens with zero attached hydrogens (tertiary/aromatic N) is 2. The van der Waals surface area contributed by atoms with E-state index in [-0.39, 0.29) is 50.7 Å². The molecule has 0 aromatic carbocycles. The van der Waals surface area contributed by atoms with Gasteiger partial charge in [-0.05, 0) is 12.8 Å². The number of ether oxygens (including phenoxy) is 4. The first-order chi connectivity index (χ1) is 14.5. The molecule has 0 aliphatic carbocycles. The van der Waals surface area contributed by atoms with Crippen LogP contribution in [0.5, 0.6) is 0 Å². The summed E-state index contributed by atoms with van der Waals surface area (Å²) in [6.45, 7) is 1.32. The van der Waals surface area contributed by atoms with Crippen molar-refractivity contribution in [3.63, 3.8) is 0 Å². The zero-order valence-electron chi connectivity index (χ0n) is 16.4. The molecule has 0 N–H and O–H groups in total. The normalized spacial score (nSPS) is 29.1. The van der Waals surface area contributed by atoms with E-state index in [2.05, 4.69) is 0 Å². The van der Waals surface area contributed by atoms with E-state index in [0.29, 0.717) is 26.1 Å². The van der Waals surface area contributed by atoms with Crippen LogP contribution in [0.2, 0.25) is 0 Å². The van der Waals surface area contributed by atoms with Crippen LogP contribution in [0.3, 0.4) is 0 Å². The summed E-state index contributed by atoms with van der Waals surface area (Å²) >= 11 is 0. The molecule has 0 aromatic rings. The van der Waals surface area contributed by atoms with Gasteiger partial charge in [-0.25, -0.2) is 14.6 Å². The second kappa shape index (κ2) is 8.68. The second-order valence-electron chi connectivity index (χ2n) is 7.83. The molecule has 4 aliphatic rings. The van der Waals surface area contributed by atoms with Crippen molar-refractivity contribution < 1.29 is 42.9 Å². The third kappa shape index (κ3) is 4.04. The Balaban J connectivity index is 1.50. The quantitative estimate of drug-likeness (QED) is 0.432. The number of amides is 4. The maximum absolute atomic E-state index is 12.7. The van der Waals surface area contributed by atoms with Gasteiger partial charge in [-0.15, -0.1) is 0 Å². The summed E-state index contributed by atoms with van der Waals surface area (Å²) in [7, 11) is 0. The molecule has 0 saturated carbocycles. The highest BCUT2D eigenvalue weighted by Crippen LogP contribution is 2.30. The standard InChI is InChI=1S/C19H24N2O9/c22-13-1-2-14(23)20(13)17(11-5-7-27-9-11)29-19(26)30-18(12-6-8-28-10-12)21-15(24)3-4-16(21)25/h11-12,17-18H,1-10H2. The highest BCUT2D eigenvalue weighted by atomic mass is 16.7. The molecular weight excluding hydrogens is 400 g/mol. The fourth-order valence-electron chi connectivity index (χ4n) is 4.26. The highest BCUT2D eigenvalue weighted by Gasteiger charge is 2.46. The summed E-state index contributed by atoms with van der Waals surface area (Å²) in [6.07, 6.45) is -2.19. The summed E-state index contributed by atoms with van der Waals surface area (Å²) < 4.78 is 21.5. The number of imide groups is 2. The number of rotatable bonds is 6. The Labute approximate surface area is 172 Å². The zero-order valence-corrected chi connectivity index (χ0v) is 16.4. The molecule has 0 bridgehead atoms. The third-order valence-corrected chi connectivity index (χ3v) is 5.86. The minimum atomic E-state index is -1.15. The van der Waals surface area contributed by atoms with Crippen LogP contribution in [0.25, 0.3) is 0 Å². The molecule has 4 heterocycles. The summed E-state index contributed by atoms with van der Waals surface area (Å²) in [5, 5.41) is 0. The van der Waals surface area contributed by atoms with Gasteiger partial charge in [0.2, 0.25) is 23.6 Å². The Morgan fingerprint density at radius 2 is 1.10 bits per heavy atom. The Hall–Kier alpha value is -2.53. The lowest BCUT2D eigenvalue weighted by Gasteiger charge is -2.32. The molecule has 11 heteroatoms. The Morgan fingerprint density at radius 3 is 1.40 bits per heavy atom. The maximum atomic E-state index is 12.7. The van der Waals surface area contributed by atoms with Crippen LogP contribution in [0.4, 0.5) is 4.79 Å². The van der Waals surface area contributed by atoms with E-state index in [9.17, 15) is 24.0 Å². The van der Waals surface area contributed by atoms with Crippen molar-refractivity contribution in [1.29, 1.82) is 0 Å². The van der Waals surface area contributed by atoms with Gasteiger partial charge < -0.3 is 18.9 Å². The van der Waals surface area contributed by atoms with Gasteiger partial charge in [-0.3, -0.25) is 19.2 Å². The van der Waals surface area contributed by atoms with Crippen molar-refractivity contribution in [2.45, 2.75) is 51.0 Å². The summed E-state index contributed by atoms with van der Waals surface area (Å²) in [6, 6.07) is 0. The molecule has 0 aromatic heterocycles. The van der Waals surface area contributed by atoms with Crippen molar-refractivity contribution >= 4 is 29.8 Å². The predicted molar refractivity (Wildman–Crippen MR) is 95.2 cm³/mol. The van der Waals surface area contributed by atoms with Gasteiger partial charge in [-0.2, -0.15) is 0 Å². The Morgan fingerprint density at radius 1 is 0.733 bits per heavy atom. The maximum Gasteiger partial charge on any atom is 0.512 e. The van der Waals surface area contributed by atoms with E-state index in [4.69, 9.17) is 18.9 Å². The zero-order chi connectivity index (χ0) is 21.3. The van der Waals surface area contributed by atoms with E-state index < -0.39 is 42.2 Å². The number of likely N-dealkylation sites (tertiary alicyclic amines) is 2. The summed E-state index contributed by atoms with van der Waals surface area (Å²) in [5.74, 6) is -2.42. The van der Waals surface area contributed by atoms with Gasteiger partial charge in [-0.1, -0.05) is 0 Å². The minimum absolute atomic E-state index is 0.0557. The van der Waals surface area contributed by atoms with Crippen molar-refractivity contribution in [3.8, 4) is 0 Å². The van der Waals surface area contributed by atoms with Crippen LogP contribution in [0.1, 0.15) is 38.5 Å². The lowest BCUT2D eigenvalue weighted by Crippen LogP contribution is -2.50. The smallest absolute Gasteiger partial charge is 0.409 e. The van der Waals surface area contributed by atoms with E-state index in [1.54, 1.807) is 0 Å². The van der Waals surface area contributed by atoms with Crippen molar-refractivity contribution in [3.05, 3.63) is 0 Å². The third-order valence-electron chi connectivity index (χ3n) is 5.86. The first-order valence-corrected chi connectivity index (χ1v) is 10.2. The Bertz CT molecular complexity index is 650. The highest BCUT2D eigenvalue weighted by molar-refractivity contribution is 6.03. The molecule has 4 aliphatic heterocycles. The molecule has 4 atom stereocenters. The van der Waals surface area contributed by atoms with E-state index in [1.165, 1.54) is 0 Å². The molecule has 4 rings (SSSR count). The van der Waals surface area contributed by atoms with Crippen molar-refractivity contribution in [2.24, 2.45) is 11.8 Å². The van der Waals surface area contributed by atoms with Crippen LogP contribution in [0, 0.1) is 11.8 Å². The molecule has 11 nitrogen and oxygen atoms in total.